The van der Waals surface area contributed by atoms with Crippen LogP contribution in [0.2, 0.25) is 0 Å². The predicted octanol–water partition coefficient (Wildman–Crippen LogP) is 4.08. The lowest BCUT2D eigenvalue weighted by atomic mass is 10.1. The number of hydrogen-bond acceptors (Lipinski definition) is 5. The molecular weight excluding hydrogens is 378 g/mol. The first-order valence-corrected chi connectivity index (χ1v) is 10.3. The van der Waals surface area contributed by atoms with Crippen LogP contribution in [0.5, 0.6) is 0 Å². The number of aliphatic hydroxyl groups is 1. The Morgan fingerprint density at radius 1 is 1.00 bits per heavy atom. The number of hydrogen-bond donors (Lipinski definition) is 1. The molecule has 0 unspecified atom stereocenters. The minimum atomic E-state index is -4.15. The molecule has 6 nitrogen and oxygen atoms in total. The van der Waals surface area contributed by atoms with Crippen molar-refractivity contribution in [3.63, 3.8) is 0 Å². The lowest BCUT2D eigenvalue weighted by Crippen LogP contribution is -2.41. The van der Waals surface area contributed by atoms with Gasteiger partial charge in [-0.2, -0.15) is 0 Å². The maximum Gasteiger partial charge on any atom is 0.360 e. The van der Waals surface area contributed by atoms with Gasteiger partial charge in [0.05, 0.1) is 10.6 Å². The van der Waals surface area contributed by atoms with Crippen LogP contribution >= 0.6 is 0 Å². The molecule has 1 aliphatic heterocycles. The normalized spacial score (nSPS) is 16.0. The molecule has 0 atom stereocenters. The van der Waals surface area contributed by atoms with E-state index >= 15 is 0 Å². The molecule has 0 saturated heterocycles. The van der Waals surface area contributed by atoms with Crippen molar-refractivity contribution in [2.45, 2.75) is 45.1 Å². The largest absolute Gasteiger partial charge is 0.505 e. The highest BCUT2D eigenvalue weighted by Gasteiger charge is 2.43. The summed E-state index contributed by atoms with van der Waals surface area (Å²) in [6.45, 7) is 8.54. The first kappa shape index (κ1) is 19.9. The first-order valence-electron chi connectivity index (χ1n) is 8.82. The van der Waals surface area contributed by atoms with E-state index in [9.17, 15) is 18.3 Å². The number of ether oxygens (including phenoxy) is 1. The highest BCUT2D eigenvalue weighted by molar-refractivity contribution is 7.93. The minimum absolute atomic E-state index is 0.0672. The fourth-order valence-corrected chi connectivity index (χ4v) is 5.01. The summed E-state index contributed by atoms with van der Waals surface area (Å²) in [5.74, 6) is -1.34. The van der Waals surface area contributed by atoms with Gasteiger partial charge in [0.1, 0.15) is 5.60 Å². The quantitative estimate of drug-likeness (QED) is 0.767. The van der Waals surface area contributed by atoms with Crippen LogP contribution in [0, 0.1) is 13.8 Å². The molecule has 2 aromatic carbocycles. The molecule has 0 bridgehead atoms. The Morgan fingerprint density at radius 2 is 1.57 bits per heavy atom. The highest BCUT2D eigenvalue weighted by atomic mass is 32.2. The fourth-order valence-electron chi connectivity index (χ4n) is 3.19. The molecule has 2 aromatic rings. The van der Waals surface area contributed by atoms with Crippen molar-refractivity contribution in [3.8, 4) is 0 Å². The predicted molar refractivity (Wildman–Crippen MR) is 107 cm³/mol. The number of rotatable bonds is 2. The monoisotopic (exact) mass is 401 g/mol. The zero-order chi connectivity index (χ0) is 20.9. The highest BCUT2D eigenvalue weighted by Crippen LogP contribution is 2.41. The molecule has 1 N–H and O–H groups in total. The van der Waals surface area contributed by atoms with Gasteiger partial charge in [-0.3, -0.25) is 0 Å². The SMILES string of the molecule is Cc1cccc(C)c1N1C(C(=O)OC(C)(C)C)=C(O)c2ccccc2S1(=O)=O. The second kappa shape index (κ2) is 6.67. The molecule has 148 valence electrons. The molecule has 0 aromatic heterocycles. The van der Waals surface area contributed by atoms with Crippen molar-refractivity contribution >= 4 is 27.4 Å². The number of esters is 1. The molecule has 0 radical (unpaired) electrons. The van der Waals surface area contributed by atoms with Crippen LogP contribution < -0.4 is 4.31 Å². The number of aliphatic hydroxyl groups excluding tert-OH is 1. The summed E-state index contributed by atoms with van der Waals surface area (Å²) in [5.41, 5.74) is 0.423. The average Bonchev–Trinajstić information content (AvgIpc) is 2.57. The summed E-state index contributed by atoms with van der Waals surface area (Å²) in [6.07, 6.45) is 0. The van der Waals surface area contributed by atoms with Crippen LogP contribution in [-0.4, -0.2) is 25.1 Å². The molecule has 0 fully saturated rings. The molecule has 0 amide bonds. The molecule has 7 heteroatoms. The molecule has 0 aliphatic carbocycles. The molecule has 1 aliphatic rings. The molecule has 28 heavy (non-hydrogen) atoms. The number of fused-ring (bicyclic) bond motifs is 1. The van der Waals surface area contributed by atoms with Gasteiger partial charge in [-0.15, -0.1) is 0 Å². The Balaban J connectivity index is 2.38. The zero-order valence-corrected chi connectivity index (χ0v) is 17.3. The molecule has 0 saturated carbocycles. The van der Waals surface area contributed by atoms with Gasteiger partial charge in [0.15, 0.2) is 11.5 Å². The summed E-state index contributed by atoms with van der Waals surface area (Å²) in [6, 6.07) is 11.4. The van der Waals surface area contributed by atoms with Gasteiger partial charge in [0.2, 0.25) is 0 Å². The van der Waals surface area contributed by atoms with Gasteiger partial charge in [0.25, 0.3) is 10.0 Å². The Hall–Kier alpha value is -2.80. The molecule has 0 spiro atoms. The number of sulfonamides is 1. The summed E-state index contributed by atoms with van der Waals surface area (Å²) in [7, 11) is -4.15. The Morgan fingerprint density at radius 3 is 2.14 bits per heavy atom. The van der Waals surface area contributed by atoms with E-state index in [0.29, 0.717) is 16.8 Å². The van der Waals surface area contributed by atoms with Crippen LogP contribution in [0.4, 0.5) is 5.69 Å². The Bertz CT molecular complexity index is 1070. The fraction of sp³-hybridized carbons (Fsp3) is 0.286. The van der Waals surface area contributed by atoms with Crippen molar-refractivity contribution in [1.29, 1.82) is 0 Å². The zero-order valence-electron chi connectivity index (χ0n) is 16.5. The number of nitrogens with zero attached hydrogens (tertiary/aromatic N) is 1. The van der Waals surface area contributed by atoms with E-state index in [1.54, 1.807) is 65.0 Å². The van der Waals surface area contributed by atoms with Crippen molar-refractivity contribution in [1.82, 2.24) is 0 Å². The van der Waals surface area contributed by atoms with E-state index in [1.165, 1.54) is 12.1 Å². The number of para-hydroxylation sites is 1. The van der Waals surface area contributed by atoms with Crippen molar-refractivity contribution in [2.75, 3.05) is 4.31 Å². The lowest BCUT2D eigenvalue weighted by molar-refractivity contribution is -0.149. The van der Waals surface area contributed by atoms with Crippen LogP contribution in [0.15, 0.2) is 53.1 Å². The average molecular weight is 401 g/mol. The molecular formula is C21H23NO5S. The van der Waals surface area contributed by atoms with Gasteiger partial charge < -0.3 is 9.84 Å². The first-order chi connectivity index (χ1) is 12.9. The number of carbonyl (C=O) groups excluding carboxylic acids is 1. The summed E-state index contributed by atoms with van der Waals surface area (Å²) in [5, 5.41) is 10.9. The van der Waals surface area contributed by atoms with Crippen molar-refractivity contribution in [2.24, 2.45) is 0 Å². The lowest BCUT2D eigenvalue weighted by Gasteiger charge is -2.34. The van der Waals surface area contributed by atoms with Gasteiger partial charge >= 0.3 is 5.97 Å². The summed E-state index contributed by atoms with van der Waals surface area (Å²) >= 11 is 0. The number of carbonyl (C=O) groups is 1. The van der Waals surface area contributed by atoms with Gasteiger partial charge in [-0.1, -0.05) is 30.3 Å². The number of benzene rings is 2. The van der Waals surface area contributed by atoms with Crippen LogP contribution in [-0.2, 0) is 19.6 Å². The summed E-state index contributed by atoms with van der Waals surface area (Å²) < 4.78 is 33.3. The Labute approximate surface area is 165 Å². The Kier molecular flexibility index (Phi) is 4.75. The maximum atomic E-state index is 13.5. The third kappa shape index (κ3) is 3.26. The van der Waals surface area contributed by atoms with E-state index in [0.717, 1.165) is 4.31 Å². The van der Waals surface area contributed by atoms with Crippen LogP contribution in [0.25, 0.3) is 5.76 Å². The third-order valence-electron chi connectivity index (χ3n) is 4.32. The van der Waals surface area contributed by atoms with E-state index in [2.05, 4.69) is 0 Å². The van der Waals surface area contributed by atoms with Crippen LogP contribution in [0.1, 0.15) is 37.5 Å². The van der Waals surface area contributed by atoms with E-state index in [1.807, 2.05) is 0 Å². The van der Waals surface area contributed by atoms with Crippen molar-refractivity contribution < 1.29 is 23.1 Å². The van der Waals surface area contributed by atoms with Crippen molar-refractivity contribution in [3.05, 3.63) is 64.9 Å². The second-order valence-electron chi connectivity index (χ2n) is 7.71. The number of anilines is 1. The third-order valence-corrected chi connectivity index (χ3v) is 6.08. The van der Waals surface area contributed by atoms with E-state index in [-0.39, 0.29) is 10.5 Å². The van der Waals surface area contributed by atoms with Crippen LogP contribution in [0.3, 0.4) is 0 Å². The summed E-state index contributed by atoms with van der Waals surface area (Å²) in [4.78, 5) is 12.9. The second-order valence-corrected chi connectivity index (χ2v) is 9.46. The molecule has 1 heterocycles. The smallest absolute Gasteiger partial charge is 0.360 e. The van der Waals surface area contributed by atoms with E-state index < -0.39 is 33.0 Å². The maximum absolute atomic E-state index is 13.5. The minimum Gasteiger partial charge on any atom is -0.505 e. The standard InChI is InChI=1S/C21H23NO5S/c1-13-9-8-10-14(2)17(13)22-18(20(24)27-21(3,4)5)19(23)15-11-6-7-12-16(15)28(22,25)26/h6-12,23H,1-5H3. The molecule has 3 rings (SSSR count). The van der Waals surface area contributed by atoms with E-state index in [4.69, 9.17) is 4.74 Å². The van der Waals surface area contributed by atoms with Gasteiger partial charge in [-0.05, 0) is 57.9 Å². The van der Waals surface area contributed by atoms with Gasteiger partial charge in [0, 0.05) is 5.56 Å². The topological polar surface area (TPSA) is 83.9 Å². The van der Waals surface area contributed by atoms with Gasteiger partial charge in [-0.25, -0.2) is 17.5 Å². The number of aryl methyl sites for hydroxylation is 2.